The van der Waals surface area contributed by atoms with Gasteiger partial charge in [0.15, 0.2) is 11.2 Å². The third-order valence-electron chi connectivity index (χ3n) is 5.42. The number of ether oxygens (including phenoxy) is 1. The first-order valence-corrected chi connectivity index (χ1v) is 9.80. The van der Waals surface area contributed by atoms with Crippen LogP contribution in [0.4, 0.5) is 4.39 Å². The molecule has 0 aliphatic carbocycles. The maximum absolute atomic E-state index is 13.4. The Kier molecular flexibility index (Phi) is 4.35. The molecule has 0 unspecified atom stereocenters. The van der Waals surface area contributed by atoms with Gasteiger partial charge in [0, 0.05) is 12.8 Å². The molecule has 8 heteroatoms. The Bertz CT molecular complexity index is 1260. The second-order valence-electron chi connectivity index (χ2n) is 7.26. The Labute approximate surface area is 165 Å². The molecule has 1 atom stereocenters. The topological polar surface area (TPSA) is 74.3 Å². The number of halogens is 1. The SMILES string of the molecule is CCc1nn2c(nnc3c(=O)n(C[C@@H]4CCCO4)ccc32)c1-c1ccc(F)cc1. The smallest absolute Gasteiger partial charge is 0.280 e. The molecule has 1 aliphatic rings. The van der Waals surface area contributed by atoms with Crippen LogP contribution in [0.25, 0.3) is 27.8 Å². The Hall–Kier alpha value is -3.13. The summed E-state index contributed by atoms with van der Waals surface area (Å²) in [6.45, 7) is 3.25. The van der Waals surface area contributed by atoms with Crippen LogP contribution in [-0.4, -0.2) is 37.1 Å². The van der Waals surface area contributed by atoms with Gasteiger partial charge in [0.1, 0.15) is 11.3 Å². The van der Waals surface area contributed by atoms with Gasteiger partial charge in [-0.1, -0.05) is 19.1 Å². The Morgan fingerprint density at radius 2 is 2.03 bits per heavy atom. The summed E-state index contributed by atoms with van der Waals surface area (Å²) in [4.78, 5) is 13.0. The van der Waals surface area contributed by atoms with E-state index in [0.29, 0.717) is 24.1 Å². The Morgan fingerprint density at radius 1 is 1.21 bits per heavy atom. The van der Waals surface area contributed by atoms with Crippen LogP contribution in [0.3, 0.4) is 0 Å². The molecule has 0 bridgehead atoms. The maximum atomic E-state index is 13.4. The van der Waals surface area contributed by atoms with Gasteiger partial charge in [0.25, 0.3) is 5.56 Å². The van der Waals surface area contributed by atoms with Crippen LogP contribution in [0.1, 0.15) is 25.5 Å². The van der Waals surface area contributed by atoms with E-state index in [1.165, 1.54) is 12.1 Å². The van der Waals surface area contributed by atoms with Crippen molar-refractivity contribution in [1.29, 1.82) is 0 Å². The summed E-state index contributed by atoms with van der Waals surface area (Å²) in [5, 5.41) is 13.2. The van der Waals surface area contributed by atoms with Crippen molar-refractivity contribution >= 4 is 16.7 Å². The molecule has 0 saturated carbocycles. The summed E-state index contributed by atoms with van der Waals surface area (Å²) in [5.41, 5.74) is 3.67. The molecule has 7 nitrogen and oxygen atoms in total. The predicted octanol–water partition coefficient (Wildman–Crippen LogP) is 2.99. The zero-order chi connectivity index (χ0) is 20.0. The average molecular weight is 393 g/mol. The first-order valence-electron chi connectivity index (χ1n) is 9.80. The zero-order valence-corrected chi connectivity index (χ0v) is 16.0. The normalized spacial score (nSPS) is 16.8. The van der Waals surface area contributed by atoms with E-state index in [1.807, 2.05) is 13.0 Å². The fraction of sp³-hybridized carbons (Fsp3) is 0.333. The second kappa shape index (κ2) is 7.04. The minimum Gasteiger partial charge on any atom is -0.376 e. The quantitative estimate of drug-likeness (QED) is 0.533. The number of hydrogen-bond acceptors (Lipinski definition) is 5. The molecule has 1 fully saturated rings. The highest BCUT2D eigenvalue weighted by Gasteiger charge is 2.20. The molecule has 4 aromatic rings. The molecule has 1 saturated heterocycles. The van der Waals surface area contributed by atoms with Crippen molar-refractivity contribution in [2.24, 2.45) is 0 Å². The van der Waals surface area contributed by atoms with Crippen LogP contribution >= 0.6 is 0 Å². The molecule has 29 heavy (non-hydrogen) atoms. The lowest BCUT2D eigenvalue weighted by atomic mass is 10.0. The Morgan fingerprint density at radius 3 is 2.76 bits per heavy atom. The number of rotatable bonds is 4. The standard InChI is InChI=1S/C21H20FN5O2/c1-2-16-18(13-5-7-14(22)8-6-13)20-24-23-19-17(27(20)25-16)9-10-26(21(19)28)12-15-4-3-11-29-15/h5-10,15H,2-4,11-12H2,1H3/t15-/m0/s1. The first kappa shape index (κ1) is 17.9. The van der Waals surface area contributed by atoms with Gasteiger partial charge in [-0.15, -0.1) is 10.2 Å². The molecule has 0 amide bonds. The number of aromatic nitrogens is 5. The summed E-state index contributed by atoms with van der Waals surface area (Å²) in [5.74, 6) is -0.299. The summed E-state index contributed by atoms with van der Waals surface area (Å²) in [6.07, 6.45) is 4.47. The van der Waals surface area contributed by atoms with Gasteiger partial charge in [-0.3, -0.25) is 4.79 Å². The van der Waals surface area contributed by atoms with Crippen LogP contribution in [0.15, 0.2) is 41.3 Å². The van der Waals surface area contributed by atoms with Crippen molar-refractivity contribution in [3.05, 3.63) is 58.4 Å². The molecule has 148 valence electrons. The highest BCUT2D eigenvalue weighted by Crippen LogP contribution is 2.29. The van der Waals surface area contributed by atoms with E-state index in [2.05, 4.69) is 15.3 Å². The van der Waals surface area contributed by atoms with Crippen molar-refractivity contribution in [2.45, 2.75) is 38.8 Å². The predicted molar refractivity (Wildman–Crippen MR) is 106 cm³/mol. The minimum atomic E-state index is -0.299. The van der Waals surface area contributed by atoms with Crippen LogP contribution in [-0.2, 0) is 17.7 Å². The molecule has 0 radical (unpaired) electrons. The van der Waals surface area contributed by atoms with E-state index in [9.17, 15) is 9.18 Å². The van der Waals surface area contributed by atoms with E-state index in [1.54, 1.807) is 27.4 Å². The van der Waals surface area contributed by atoms with Crippen molar-refractivity contribution in [1.82, 2.24) is 24.4 Å². The van der Waals surface area contributed by atoms with Gasteiger partial charge < -0.3 is 9.30 Å². The fourth-order valence-corrected chi connectivity index (χ4v) is 3.94. The lowest BCUT2D eigenvalue weighted by Crippen LogP contribution is -2.27. The van der Waals surface area contributed by atoms with E-state index in [0.717, 1.165) is 36.3 Å². The summed E-state index contributed by atoms with van der Waals surface area (Å²) >= 11 is 0. The van der Waals surface area contributed by atoms with Crippen LogP contribution < -0.4 is 5.56 Å². The van der Waals surface area contributed by atoms with Gasteiger partial charge in [-0.05, 0) is 43.0 Å². The van der Waals surface area contributed by atoms with Gasteiger partial charge in [-0.25, -0.2) is 8.91 Å². The molecule has 0 spiro atoms. The van der Waals surface area contributed by atoms with Gasteiger partial charge >= 0.3 is 0 Å². The molecular formula is C21H20FN5O2. The lowest BCUT2D eigenvalue weighted by Gasteiger charge is -2.12. The van der Waals surface area contributed by atoms with Crippen molar-refractivity contribution in [3.63, 3.8) is 0 Å². The van der Waals surface area contributed by atoms with Crippen molar-refractivity contribution in [3.8, 4) is 11.1 Å². The average Bonchev–Trinajstić information content (AvgIpc) is 3.38. The third kappa shape index (κ3) is 3.00. The van der Waals surface area contributed by atoms with E-state index >= 15 is 0 Å². The highest BCUT2D eigenvalue weighted by molar-refractivity contribution is 5.84. The minimum absolute atomic E-state index is 0.0586. The molecule has 5 rings (SSSR count). The van der Waals surface area contributed by atoms with Crippen molar-refractivity contribution < 1.29 is 9.13 Å². The molecule has 0 N–H and O–H groups in total. The van der Waals surface area contributed by atoms with Gasteiger partial charge in [0.2, 0.25) is 0 Å². The number of fused-ring (bicyclic) bond motifs is 3. The summed E-state index contributed by atoms with van der Waals surface area (Å²) in [7, 11) is 0. The molecule has 4 heterocycles. The second-order valence-corrected chi connectivity index (χ2v) is 7.26. The van der Waals surface area contributed by atoms with Gasteiger partial charge in [-0.2, -0.15) is 5.10 Å². The fourth-order valence-electron chi connectivity index (χ4n) is 3.94. The van der Waals surface area contributed by atoms with E-state index in [-0.39, 0.29) is 23.0 Å². The maximum Gasteiger partial charge on any atom is 0.280 e. The Balaban J connectivity index is 1.68. The van der Waals surface area contributed by atoms with Crippen molar-refractivity contribution in [2.75, 3.05) is 6.61 Å². The largest absolute Gasteiger partial charge is 0.376 e. The summed E-state index contributed by atoms with van der Waals surface area (Å²) in [6, 6.07) is 8.08. The van der Waals surface area contributed by atoms with E-state index in [4.69, 9.17) is 4.74 Å². The molecule has 3 aromatic heterocycles. The number of hydrogen-bond donors (Lipinski definition) is 0. The van der Waals surface area contributed by atoms with Crippen LogP contribution in [0, 0.1) is 5.82 Å². The number of nitrogens with zero attached hydrogens (tertiary/aromatic N) is 5. The zero-order valence-electron chi connectivity index (χ0n) is 16.0. The van der Waals surface area contributed by atoms with E-state index < -0.39 is 0 Å². The highest BCUT2D eigenvalue weighted by atomic mass is 19.1. The van der Waals surface area contributed by atoms with Gasteiger partial charge in [0.05, 0.1) is 23.9 Å². The van der Waals surface area contributed by atoms with Crippen LogP contribution in [0.2, 0.25) is 0 Å². The molecule has 1 aliphatic heterocycles. The number of aryl methyl sites for hydroxylation is 1. The number of benzene rings is 1. The van der Waals surface area contributed by atoms with Crippen LogP contribution in [0.5, 0.6) is 0 Å². The summed E-state index contributed by atoms with van der Waals surface area (Å²) < 4.78 is 22.3. The number of pyridine rings is 1. The molecular weight excluding hydrogens is 373 g/mol. The molecule has 1 aromatic carbocycles. The monoisotopic (exact) mass is 393 g/mol. The third-order valence-corrected chi connectivity index (χ3v) is 5.42. The lowest BCUT2D eigenvalue weighted by molar-refractivity contribution is 0.0963. The first-order chi connectivity index (χ1) is 14.2.